The molecule has 1 amide bonds. The van der Waals surface area contributed by atoms with Crippen LogP contribution in [0.1, 0.15) is 11.1 Å². The first-order valence-electron chi connectivity index (χ1n) is 7.95. The summed E-state index contributed by atoms with van der Waals surface area (Å²) in [4.78, 5) is 11.1. The van der Waals surface area contributed by atoms with Crippen LogP contribution in [-0.2, 0) is 11.4 Å². The predicted octanol–water partition coefficient (Wildman–Crippen LogP) is 4.27. The van der Waals surface area contributed by atoms with Gasteiger partial charge >= 0.3 is 0 Å². The molecule has 6 nitrogen and oxygen atoms in total. The maximum atomic E-state index is 13.9. The SMILES string of the molecule is COc1cc(C=N/N=C2\NC(=O)CS2)cc(Cl)c1OCc1c(F)cccc1Cl. The zero-order valence-electron chi connectivity index (χ0n) is 14.5. The Balaban J connectivity index is 1.77. The number of nitrogens with one attached hydrogen (secondary N) is 1. The number of benzene rings is 2. The van der Waals surface area contributed by atoms with Gasteiger partial charge < -0.3 is 14.8 Å². The topological polar surface area (TPSA) is 72.3 Å². The molecule has 0 unspecified atom stereocenters. The van der Waals surface area contributed by atoms with Crippen LogP contribution < -0.4 is 14.8 Å². The van der Waals surface area contributed by atoms with Crippen molar-refractivity contribution in [2.24, 2.45) is 10.2 Å². The first kappa shape index (κ1) is 20.4. The van der Waals surface area contributed by atoms with Crippen LogP contribution in [0.15, 0.2) is 40.5 Å². The molecule has 0 saturated carbocycles. The number of hydrogen-bond acceptors (Lipinski definition) is 6. The van der Waals surface area contributed by atoms with Crippen LogP contribution in [0.4, 0.5) is 4.39 Å². The molecule has 1 aliphatic rings. The lowest BCUT2D eigenvalue weighted by Gasteiger charge is -2.14. The molecule has 28 heavy (non-hydrogen) atoms. The van der Waals surface area contributed by atoms with Crippen LogP contribution in [0.3, 0.4) is 0 Å². The third-order valence-electron chi connectivity index (χ3n) is 3.62. The molecule has 1 aliphatic heterocycles. The van der Waals surface area contributed by atoms with Gasteiger partial charge in [0.15, 0.2) is 16.7 Å². The number of rotatable bonds is 6. The average Bonchev–Trinajstić information content (AvgIpc) is 3.07. The van der Waals surface area contributed by atoms with Crippen molar-refractivity contribution in [3.63, 3.8) is 0 Å². The molecule has 10 heteroatoms. The van der Waals surface area contributed by atoms with Crippen LogP contribution >= 0.6 is 35.0 Å². The monoisotopic (exact) mass is 441 g/mol. The molecule has 0 radical (unpaired) electrons. The van der Waals surface area contributed by atoms with Crippen LogP contribution in [0, 0.1) is 5.82 Å². The van der Waals surface area contributed by atoms with Gasteiger partial charge in [-0.1, -0.05) is 41.0 Å². The second-order valence-corrected chi connectivity index (χ2v) is 7.29. The Morgan fingerprint density at radius 2 is 2.14 bits per heavy atom. The largest absolute Gasteiger partial charge is 0.493 e. The van der Waals surface area contributed by atoms with E-state index in [2.05, 4.69) is 15.5 Å². The Kier molecular flexibility index (Phi) is 6.77. The Morgan fingerprint density at radius 1 is 1.32 bits per heavy atom. The maximum absolute atomic E-state index is 13.9. The minimum absolute atomic E-state index is 0.111. The number of amidine groups is 1. The minimum atomic E-state index is -0.470. The zero-order chi connectivity index (χ0) is 20.1. The highest BCUT2D eigenvalue weighted by molar-refractivity contribution is 8.15. The van der Waals surface area contributed by atoms with Gasteiger partial charge in [0.05, 0.1) is 29.1 Å². The Bertz CT molecular complexity index is 949. The van der Waals surface area contributed by atoms with Crippen molar-refractivity contribution in [3.05, 3.63) is 57.3 Å². The van der Waals surface area contributed by atoms with E-state index < -0.39 is 5.82 Å². The lowest BCUT2D eigenvalue weighted by atomic mass is 10.2. The van der Waals surface area contributed by atoms with E-state index in [0.29, 0.717) is 22.2 Å². The van der Waals surface area contributed by atoms with E-state index >= 15 is 0 Å². The highest BCUT2D eigenvalue weighted by Gasteiger charge is 2.16. The molecular formula is C18H14Cl2FN3O3S. The van der Waals surface area contributed by atoms with E-state index in [0.717, 1.165) is 0 Å². The molecule has 0 aromatic heterocycles. The third kappa shape index (κ3) is 4.95. The normalized spacial score (nSPS) is 15.3. The number of nitrogens with zero attached hydrogens (tertiary/aromatic N) is 2. The smallest absolute Gasteiger partial charge is 0.236 e. The van der Waals surface area contributed by atoms with Crippen molar-refractivity contribution in [2.45, 2.75) is 6.61 Å². The highest BCUT2D eigenvalue weighted by Crippen LogP contribution is 2.37. The van der Waals surface area contributed by atoms with Crippen LogP contribution in [0.25, 0.3) is 0 Å². The standard InChI is InChI=1S/C18H14Cl2FN3O3S/c1-26-15-6-10(7-22-24-18-23-16(25)9-28-18)5-13(20)17(15)27-8-11-12(19)3-2-4-14(11)21/h2-7H,8-9H2,1H3,(H,23,24,25). The molecule has 0 atom stereocenters. The van der Waals surface area contributed by atoms with Crippen molar-refractivity contribution in [1.29, 1.82) is 0 Å². The number of halogens is 3. The summed E-state index contributed by atoms with van der Waals surface area (Å²) in [6.07, 6.45) is 1.46. The average molecular weight is 442 g/mol. The molecule has 0 bridgehead atoms. The van der Waals surface area contributed by atoms with Gasteiger partial charge in [-0.2, -0.15) is 5.10 Å². The highest BCUT2D eigenvalue weighted by atomic mass is 35.5. The van der Waals surface area contributed by atoms with Gasteiger partial charge in [-0.05, 0) is 24.3 Å². The third-order valence-corrected chi connectivity index (χ3v) is 5.11. The number of methoxy groups -OCH3 is 1. The molecule has 0 spiro atoms. The molecule has 2 aromatic rings. The molecular weight excluding hydrogens is 428 g/mol. The van der Waals surface area contributed by atoms with Crippen molar-refractivity contribution in [1.82, 2.24) is 5.32 Å². The van der Waals surface area contributed by atoms with Gasteiger partial charge in [-0.15, -0.1) is 5.10 Å². The van der Waals surface area contributed by atoms with Crippen molar-refractivity contribution >= 4 is 52.3 Å². The van der Waals surface area contributed by atoms with E-state index in [4.69, 9.17) is 32.7 Å². The summed E-state index contributed by atoms with van der Waals surface area (Å²) in [6, 6.07) is 7.65. The molecule has 1 saturated heterocycles. The summed E-state index contributed by atoms with van der Waals surface area (Å²) in [6.45, 7) is -0.112. The minimum Gasteiger partial charge on any atom is -0.493 e. The van der Waals surface area contributed by atoms with Crippen LogP contribution in [-0.4, -0.2) is 30.2 Å². The lowest BCUT2D eigenvalue weighted by Crippen LogP contribution is -2.19. The number of thioether (sulfide) groups is 1. The predicted molar refractivity (Wildman–Crippen MR) is 109 cm³/mol. The lowest BCUT2D eigenvalue weighted by molar-refractivity contribution is -0.116. The molecule has 3 rings (SSSR count). The first-order chi connectivity index (χ1) is 13.5. The fourth-order valence-corrected chi connectivity index (χ4v) is 3.42. The summed E-state index contributed by atoms with van der Waals surface area (Å²) in [5, 5.41) is 11.4. The van der Waals surface area contributed by atoms with Gasteiger partial charge in [0.25, 0.3) is 0 Å². The molecule has 1 fully saturated rings. The number of carbonyl (C=O) groups excluding carboxylic acids is 1. The summed E-state index contributed by atoms with van der Waals surface area (Å²) < 4.78 is 24.9. The number of hydrogen-bond donors (Lipinski definition) is 1. The Labute approximate surface area is 174 Å². The number of amides is 1. The summed E-state index contributed by atoms with van der Waals surface area (Å²) in [5.41, 5.74) is 0.830. The Hall–Kier alpha value is -2.29. The van der Waals surface area contributed by atoms with Crippen molar-refractivity contribution in [2.75, 3.05) is 12.9 Å². The van der Waals surface area contributed by atoms with E-state index in [1.165, 1.54) is 37.2 Å². The zero-order valence-corrected chi connectivity index (χ0v) is 16.9. The summed E-state index contributed by atoms with van der Waals surface area (Å²) in [5.74, 6) is 0.345. The molecule has 146 valence electrons. The van der Waals surface area contributed by atoms with Crippen molar-refractivity contribution < 1.29 is 18.7 Å². The first-order valence-corrected chi connectivity index (χ1v) is 9.69. The van der Waals surface area contributed by atoms with E-state index in [-0.39, 0.29) is 33.9 Å². The quantitative estimate of drug-likeness (QED) is 0.536. The van der Waals surface area contributed by atoms with E-state index in [1.807, 2.05) is 0 Å². The van der Waals surface area contributed by atoms with E-state index in [9.17, 15) is 9.18 Å². The summed E-state index contributed by atoms with van der Waals surface area (Å²) in [7, 11) is 1.46. The molecule has 1 heterocycles. The number of ether oxygens (including phenoxy) is 2. The van der Waals surface area contributed by atoms with Crippen LogP contribution in [0.5, 0.6) is 11.5 Å². The fourth-order valence-electron chi connectivity index (χ4n) is 2.30. The molecule has 1 N–H and O–H groups in total. The van der Waals surface area contributed by atoms with Gasteiger partial charge in [-0.3, -0.25) is 4.79 Å². The van der Waals surface area contributed by atoms with Crippen LogP contribution in [0.2, 0.25) is 10.0 Å². The van der Waals surface area contributed by atoms with Gasteiger partial charge in [-0.25, -0.2) is 4.39 Å². The Morgan fingerprint density at radius 3 is 2.82 bits per heavy atom. The number of carbonyl (C=O) groups is 1. The molecule has 0 aliphatic carbocycles. The second-order valence-electron chi connectivity index (χ2n) is 5.51. The summed E-state index contributed by atoms with van der Waals surface area (Å²) >= 11 is 13.6. The second kappa shape index (κ2) is 9.27. The maximum Gasteiger partial charge on any atom is 0.236 e. The van der Waals surface area contributed by atoms with E-state index in [1.54, 1.807) is 18.2 Å². The molecule has 2 aromatic carbocycles. The van der Waals surface area contributed by atoms with Crippen molar-refractivity contribution in [3.8, 4) is 11.5 Å². The van der Waals surface area contributed by atoms with Gasteiger partial charge in [0, 0.05) is 11.1 Å². The van der Waals surface area contributed by atoms with Gasteiger partial charge in [0.1, 0.15) is 12.4 Å². The van der Waals surface area contributed by atoms with Gasteiger partial charge in [0.2, 0.25) is 5.91 Å². The fraction of sp³-hybridized carbons (Fsp3) is 0.167.